The molecule has 114 valence electrons. The third kappa shape index (κ3) is 2.18. The van der Waals surface area contributed by atoms with Gasteiger partial charge in [0.15, 0.2) is 0 Å². The van der Waals surface area contributed by atoms with Crippen molar-refractivity contribution in [2.45, 2.75) is 50.8 Å². The number of ether oxygens (including phenoxy) is 1. The Bertz CT molecular complexity index is 510. The Labute approximate surface area is 129 Å². The molecule has 1 spiro atoms. The van der Waals surface area contributed by atoms with Crippen LogP contribution in [0.3, 0.4) is 0 Å². The number of hydrogen-bond donors (Lipinski definition) is 2. The quantitative estimate of drug-likeness (QED) is 0.902. The molecule has 1 aromatic rings. The van der Waals surface area contributed by atoms with E-state index in [1.165, 1.54) is 30.6 Å². The zero-order valence-corrected chi connectivity index (χ0v) is 13.0. The molecule has 5 heteroatoms. The number of thiophene rings is 1. The lowest BCUT2D eigenvalue weighted by molar-refractivity contribution is -0.126. The van der Waals surface area contributed by atoms with E-state index in [2.05, 4.69) is 10.6 Å². The number of fused-ring (bicyclic) bond motifs is 2. The molecule has 1 aromatic heterocycles. The number of nitrogens with one attached hydrogen (secondary N) is 2. The van der Waals surface area contributed by atoms with Crippen LogP contribution in [0.2, 0.25) is 0 Å². The molecule has 3 fully saturated rings. The highest BCUT2D eigenvalue weighted by Gasteiger charge is 2.65. The van der Waals surface area contributed by atoms with E-state index in [1.54, 1.807) is 11.3 Å². The minimum atomic E-state index is -0.0231. The molecule has 1 aliphatic heterocycles. The smallest absolute Gasteiger partial charge is 0.315 e. The van der Waals surface area contributed by atoms with Crippen LogP contribution in [-0.2, 0) is 11.3 Å². The van der Waals surface area contributed by atoms with E-state index in [4.69, 9.17) is 4.74 Å². The predicted molar refractivity (Wildman–Crippen MR) is 82.2 cm³/mol. The molecule has 0 unspecified atom stereocenters. The van der Waals surface area contributed by atoms with E-state index in [9.17, 15) is 4.79 Å². The summed E-state index contributed by atoms with van der Waals surface area (Å²) in [6.07, 6.45) is 6.49. The maximum absolute atomic E-state index is 12.2. The molecule has 4 nitrogen and oxygen atoms in total. The number of carbonyl (C=O) groups is 1. The van der Waals surface area contributed by atoms with Crippen molar-refractivity contribution in [3.8, 4) is 0 Å². The molecule has 2 aliphatic carbocycles. The van der Waals surface area contributed by atoms with Crippen LogP contribution in [0.5, 0.6) is 0 Å². The van der Waals surface area contributed by atoms with Crippen molar-refractivity contribution in [3.63, 3.8) is 0 Å². The van der Waals surface area contributed by atoms with Crippen LogP contribution in [0, 0.1) is 11.3 Å². The van der Waals surface area contributed by atoms with Gasteiger partial charge in [-0.2, -0.15) is 0 Å². The van der Waals surface area contributed by atoms with Crippen LogP contribution in [-0.4, -0.2) is 24.8 Å². The molecular weight excluding hydrogens is 284 g/mol. The molecule has 21 heavy (non-hydrogen) atoms. The van der Waals surface area contributed by atoms with Crippen molar-refractivity contribution in [3.05, 3.63) is 22.4 Å². The van der Waals surface area contributed by atoms with Gasteiger partial charge >= 0.3 is 6.03 Å². The molecule has 3 aliphatic rings. The molecule has 0 bridgehead atoms. The highest BCUT2D eigenvalue weighted by atomic mass is 32.1. The molecule has 0 radical (unpaired) electrons. The first-order valence-corrected chi connectivity index (χ1v) is 8.86. The molecule has 2 N–H and O–H groups in total. The average molecular weight is 306 g/mol. The number of rotatable bonds is 3. The van der Waals surface area contributed by atoms with Gasteiger partial charge in [-0.05, 0) is 30.7 Å². The Morgan fingerprint density at radius 2 is 2.29 bits per heavy atom. The van der Waals surface area contributed by atoms with Gasteiger partial charge in [0.05, 0.1) is 12.6 Å². The third-order valence-electron chi connectivity index (χ3n) is 5.58. The normalized spacial score (nSPS) is 32.7. The zero-order valence-electron chi connectivity index (χ0n) is 12.1. The summed E-state index contributed by atoms with van der Waals surface area (Å²) in [5.41, 5.74) is 0.238. The van der Waals surface area contributed by atoms with E-state index in [0.717, 1.165) is 13.0 Å². The van der Waals surface area contributed by atoms with E-state index in [0.29, 0.717) is 24.6 Å². The Hall–Kier alpha value is -1.07. The Morgan fingerprint density at radius 1 is 1.43 bits per heavy atom. The minimum Gasteiger partial charge on any atom is -0.377 e. The van der Waals surface area contributed by atoms with Gasteiger partial charge in [0, 0.05) is 28.9 Å². The van der Waals surface area contributed by atoms with Crippen molar-refractivity contribution in [2.24, 2.45) is 11.3 Å². The molecule has 3 atom stereocenters. The number of urea groups is 1. The maximum atomic E-state index is 12.2. The summed E-state index contributed by atoms with van der Waals surface area (Å²) in [6, 6.07) is 4.36. The third-order valence-corrected chi connectivity index (χ3v) is 6.45. The molecule has 2 saturated carbocycles. The Balaban J connectivity index is 1.38. The second-order valence-electron chi connectivity index (χ2n) is 6.57. The zero-order chi connectivity index (χ0) is 14.3. The van der Waals surface area contributed by atoms with Crippen molar-refractivity contribution < 1.29 is 9.53 Å². The highest BCUT2D eigenvalue weighted by Crippen LogP contribution is 2.60. The van der Waals surface area contributed by atoms with Gasteiger partial charge in [-0.1, -0.05) is 18.9 Å². The monoisotopic (exact) mass is 306 g/mol. The fourth-order valence-electron chi connectivity index (χ4n) is 4.68. The van der Waals surface area contributed by atoms with Crippen LogP contribution in [0.4, 0.5) is 4.79 Å². The second kappa shape index (κ2) is 5.29. The lowest BCUT2D eigenvalue weighted by Crippen LogP contribution is -2.69. The maximum Gasteiger partial charge on any atom is 0.315 e. The molecular formula is C16H22N2O2S. The van der Waals surface area contributed by atoms with Crippen LogP contribution in [0.1, 0.15) is 37.0 Å². The number of hydrogen-bond acceptors (Lipinski definition) is 3. The van der Waals surface area contributed by atoms with E-state index in [-0.39, 0.29) is 11.4 Å². The van der Waals surface area contributed by atoms with Crippen LogP contribution in [0.15, 0.2) is 17.5 Å². The summed E-state index contributed by atoms with van der Waals surface area (Å²) >= 11 is 1.68. The van der Waals surface area contributed by atoms with E-state index in [1.807, 2.05) is 17.5 Å². The van der Waals surface area contributed by atoms with E-state index >= 15 is 0 Å². The SMILES string of the molecule is O=C(NCc1cccs1)N[C@@H]1[C@@H]2CCO[C@@H]2C12CCCC2. The second-order valence-corrected chi connectivity index (χ2v) is 7.60. The van der Waals surface area contributed by atoms with Gasteiger partial charge in [0.2, 0.25) is 0 Å². The summed E-state index contributed by atoms with van der Waals surface area (Å²) in [5, 5.41) is 8.28. The fourth-order valence-corrected chi connectivity index (χ4v) is 5.32. The number of carbonyl (C=O) groups excluding carboxylic acids is 1. The number of amides is 2. The summed E-state index contributed by atoms with van der Waals surface area (Å²) in [4.78, 5) is 13.4. The van der Waals surface area contributed by atoms with Crippen molar-refractivity contribution in [1.29, 1.82) is 0 Å². The lowest BCUT2D eigenvalue weighted by atomic mass is 9.54. The molecule has 0 aromatic carbocycles. The van der Waals surface area contributed by atoms with Gasteiger partial charge in [-0.15, -0.1) is 11.3 Å². The standard InChI is InChI=1S/C16H22N2O2S/c19-15(17-10-11-4-3-9-21-11)18-13-12-5-8-20-14(12)16(13)6-1-2-7-16/h3-4,9,12-14H,1-2,5-8,10H2,(H2,17,18,19)/t12-,13+,14-/m0/s1. The van der Waals surface area contributed by atoms with E-state index < -0.39 is 0 Å². The first kappa shape index (κ1) is 13.6. The molecule has 1 saturated heterocycles. The largest absolute Gasteiger partial charge is 0.377 e. The lowest BCUT2D eigenvalue weighted by Gasteiger charge is -2.56. The predicted octanol–water partition coefficient (Wildman–Crippen LogP) is 2.90. The first-order chi connectivity index (χ1) is 10.3. The first-order valence-electron chi connectivity index (χ1n) is 7.98. The minimum absolute atomic E-state index is 0.0231. The summed E-state index contributed by atoms with van der Waals surface area (Å²) in [6.45, 7) is 1.49. The van der Waals surface area contributed by atoms with Gasteiger partial charge in [-0.25, -0.2) is 4.79 Å². The van der Waals surface area contributed by atoms with Crippen molar-refractivity contribution in [2.75, 3.05) is 6.61 Å². The topological polar surface area (TPSA) is 50.4 Å². The Morgan fingerprint density at radius 3 is 3.05 bits per heavy atom. The van der Waals surface area contributed by atoms with Crippen LogP contribution < -0.4 is 10.6 Å². The summed E-state index contributed by atoms with van der Waals surface area (Å²) in [7, 11) is 0. The average Bonchev–Trinajstić information content (AvgIpc) is 3.22. The van der Waals surface area contributed by atoms with Crippen LogP contribution >= 0.6 is 11.3 Å². The molecule has 2 heterocycles. The van der Waals surface area contributed by atoms with Crippen molar-refractivity contribution >= 4 is 17.4 Å². The van der Waals surface area contributed by atoms with Gasteiger partial charge < -0.3 is 15.4 Å². The molecule has 2 amide bonds. The fraction of sp³-hybridized carbons (Fsp3) is 0.688. The van der Waals surface area contributed by atoms with Gasteiger partial charge in [0.1, 0.15) is 0 Å². The highest BCUT2D eigenvalue weighted by molar-refractivity contribution is 7.09. The summed E-state index contributed by atoms with van der Waals surface area (Å²) in [5.74, 6) is 0.538. The van der Waals surface area contributed by atoms with Gasteiger partial charge in [-0.3, -0.25) is 0 Å². The molecule has 4 rings (SSSR count). The summed E-state index contributed by atoms with van der Waals surface area (Å²) < 4.78 is 5.95. The van der Waals surface area contributed by atoms with Gasteiger partial charge in [0.25, 0.3) is 0 Å². The van der Waals surface area contributed by atoms with Crippen molar-refractivity contribution in [1.82, 2.24) is 10.6 Å². The Kier molecular flexibility index (Phi) is 3.42. The van der Waals surface area contributed by atoms with Crippen LogP contribution in [0.25, 0.3) is 0 Å².